The molecule has 2 N–H and O–H groups in total. The van der Waals surface area contributed by atoms with E-state index in [2.05, 4.69) is 271 Å². The van der Waals surface area contributed by atoms with Crippen LogP contribution in [-0.2, 0) is 46.5 Å². The van der Waals surface area contributed by atoms with Crippen LogP contribution in [0.3, 0.4) is 0 Å². The van der Waals surface area contributed by atoms with Crippen molar-refractivity contribution in [3.63, 3.8) is 0 Å². The Balaban J connectivity index is 0.000000191. The predicted octanol–water partition coefficient (Wildman–Crippen LogP) is 32.5. The molecule has 0 aliphatic carbocycles. The molecule has 27 heteroatoms. The summed E-state index contributed by atoms with van der Waals surface area (Å²) >= 11 is 7.75. The Labute approximate surface area is 853 Å². The third kappa shape index (κ3) is 21.7. The molecule has 17 rings (SSSR count). The zero-order valence-corrected chi connectivity index (χ0v) is 90.2. The summed E-state index contributed by atoms with van der Waals surface area (Å²) in [5.41, 5.74) is 14.4. The van der Waals surface area contributed by atoms with Crippen molar-refractivity contribution in [2.75, 3.05) is 39.8 Å². The number of thiophene rings is 3. The molecule has 140 heavy (non-hydrogen) atoms. The third-order valence-electron chi connectivity index (χ3n) is 26.0. The molecule has 1 fully saturated rings. The fraction of sp³-hybridized carbons (Fsp3) is 0.363. The topological polar surface area (TPSA) is 129 Å². The van der Waals surface area contributed by atoms with Crippen LogP contribution in [0.4, 0.5) is 35.1 Å². The number of ether oxygens (including phenoxy) is 6. The van der Waals surface area contributed by atoms with Crippen LogP contribution in [0.25, 0.3) is 103 Å². The van der Waals surface area contributed by atoms with Crippen LogP contribution >= 0.6 is 79.2 Å². The van der Waals surface area contributed by atoms with E-state index < -0.39 is 64.9 Å². The molecule has 13 nitrogen and oxygen atoms in total. The molecule has 16 aromatic rings. The van der Waals surface area contributed by atoms with Gasteiger partial charge in [-0.3, -0.25) is 0 Å². The lowest BCUT2D eigenvalue weighted by Crippen LogP contribution is -2.41. The summed E-state index contributed by atoms with van der Waals surface area (Å²) in [6.07, 6.45) is 1.97. The molecule has 0 bridgehead atoms. The zero-order valence-electron chi connectivity index (χ0n) is 83.4. The van der Waals surface area contributed by atoms with Gasteiger partial charge in [-0.1, -0.05) is 161 Å². The van der Waals surface area contributed by atoms with Crippen molar-refractivity contribution in [2.45, 2.75) is 229 Å². The Bertz CT molecular complexity index is 6830. The van der Waals surface area contributed by atoms with Crippen molar-refractivity contribution in [1.82, 2.24) is 13.7 Å². The van der Waals surface area contributed by atoms with E-state index in [1.54, 1.807) is 11.3 Å². The van der Waals surface area contributed by atoms with Gasteiger partial charge >= 0.3 is 7.12 Å². The Morgan fingerprint density at radius 3 is 0.864 bits per heavy atom. The number of halogens is 10. The summed E-state index contributed by atoms with van der Waals surface area (Å²) in [6, 6.07) is 47.6. The maximum atomic E-state index is 15.1. The van der Waals surface area contributed by atoms with E-state index >= 15 is 8.78 Å². The van der Waals surface area contributed by atoms with Crippen LogP contribution in [0.1, 0.15) is 218 Å². The van der Waals surface area contributed by atoms with Crippen LogP contribution in [0.2, 0.25) is 0 Å². The largest absolute Gasteiger partial charge is 0.509 e. The molecule has 0 spiro atoms. The highest BCUT2D eigenvalue weighted by Crippen LogP contribution is 2.52. The highest BCUT2D eigenvalue weighted by Gasteiger charge is 2.54. The first-order chi connectivity index (χ1) is 65.6. The van der Waals surface area contributed by atoms with Crippen molar-refractivity contribution in [2.24, 2.45) is 0 Å². The summed E-state index contributed by atoms with van der Waals surface area (Å²) in [7, 11) is -0.520. The molecular weight excluding hydrogens is 2070 g/mol. The van der Waals surface area contributed by atoms with E-state index in [-0.39, 0.29) is 98.1 Å². The minimum atomic E-state index is -1.10. The van der Waals surface area contributed by atoms with Gasteiger partial charge in [-0.15, -0.1) is 34.0 Å². The van der Waals surface area contributed by atoms with Gasteiger partial charge in [-0.25, -0.2) is 35.1 Å². The molecule has 0 radical (unpaired) electrons. The van der Waals surface area contributed by atoms with Gasteiger partial charge in [-0.2, -0.15) is 0 Å². The quantitative estimate of drug-likeness (QED) is 0.0151. The number of benzene rings is 10. The van der Waals surface area contributed by atoms with Crippen LogP contribution in [0, 0.1) is 53.7 Å². The summed E-state index contributed by atoms with van der Waals surface area (Å²) in [6.45, 7) is 51.5. The maximum Gasteiger partial charge on any atom is 0.509 e. The number of nitrogens with zero attached hydrogens (tertiary/aromatic N) is 3. The number of unbranched alkanes of at least 4 members (excludes halogenated alkanes) is 2. The molecule has 0 unspecified atom stereocenters. The second kappa shape index (κ2) is 40.4. The van der Waals surface area contributed by atoms with Gasteiger partial charge in [0.2, 0.25) is 0 Å². The van der Waals surface area contributed by atoms with E-state index in [0.29, 0.717) is 73.8 Å². The number of aromatic hydroxyl groups is 2. The molecule has 10 aromatic carbocycles. The van der Waals surface area contributed by atoms with Gasteiger partial charge < -0.3 is 61.6 Å². The average Bonchev–Trinajstić information content (AvgIpc) is 1.58. The lowest BCUT2D eigenvalue weighted by Gasteiger charge is -2.32. The van der Waals surface area contributed by atoms with Crippen LogP contribution in [0.15, 0.2) is 174 Å². The monoisotopic (exact) mass is 2190 g/mol. The van der Waals surface area contributed by atoms with E-state index in [4.69, 9.17) is 37.7 Å². The van der Waals surface area contributed by atoms with Crippen LogP contribution < -0.4 is 28.5 Å². The molecule has 738 valence electrons. The normalized spacial score (nSPS) is 13.7. The Morgan fingerprint density at radius 2 is 0.586 bits per heavy atom. The Morgan fingerprint density at radius 1 is 0.336 bits per heavy atom. The lowest BCUT2D eigenvalue weighted by atomic mass is 9.85. The second-order valence-corrected chi connectivity index (χ2v) is 47.9. The molecule has 1 aliphatic rings. The maximum absolute atomic E-state index is 15.1. The Hall–Kier alpha value is -9.86. The lowest BCUT2D eigenvalue weighted by molar-refractivity contribution is 0.00578. The smallest absolute Gasteiger partial charge is 0.504 e. The van der Waals surface area contributed by atoms with Crippen molar-refractivity contribution in [3.8, 4) is 78.2 Å². The molecule has 0 atom stereocenters. The van der Waals surface area contributed by atoms with Gasteiger partial charge in [0.1, 0.15) is 23.0 Å². The van der Waals surface area contributed by atoms with Crippen LogP contribution in [0.5, 0.6) is 40.2 Å². The molecule has 6 aromatic heterocycles. The molecular formula is C113H120BF8I2N3O10S3. The molecule has 1 saturated heterocycles. The highest BCUT2D eigenvalue weighted by atomic mass is 127. The average molecular weight is 2190 g/mol. The Kier molecular flexibility index (Phi) is 30.1. The number of aromatic nitrogens is 3. The second-order valence-electron chi connectivity index (χ2n) is 42.9. The standard InChI is InChI=1S/C64H64F4N2O4S2.C33H44BNO4S.C16H12F4I2O2/c1-61(2,3)35-15-19-49-39(25-35)40-26-36(62(4,5)6)16-20-50(40)69(49)53-33-75-59(57(53)71)43-29-45(65)47(67)31-55(43)73-23-13-14-24-74-56-32-48(68)46(66)30-44(56)60-58(72)54(34-76-60)70-51-21-17-37(63(7,8)9)27-41(51)42-28-38(64(10,11)12)18-22-52(42)70;1-12-36-20-37-28-27(19-40-29(28)34-38-32(8,9)33(10,11)39-34)35-25-15-13-21(30(2,3)4)17-23(25)24-18-22(31(5,6)7)14-16-26(24)35;17-9-5-13(21)15(7-11(9)19)23-3-1-2-4-24-16-8-12(20)10(18)6-14(16)22/h15-22,25-34,71-72H,13-14,23-24H2,1-12H3;13-19H,12,20H2,1-11H3;5-8H,1-4H2. The first kappa shape index (κ1) is 104. The molecule has 7 heterocycles. The SMILES string of the molecule is CC(C)(C)c1ccc2c(c1)c1cc(C(C)(C)C)ccc1n2-c1csc(-c2cc(F)c(F)cc2OCCCCOc2cc(F)c(F)cc2-c2scc(-n3c4ccc(C(C)(C)C)cc4c4cc(C(C)(C)C)ccc43)c2O)c1O.CCOCOc1c(-n2c3ccc(C(C)(C)C)cc3c3cc(C(C)(C)C)ccc32)csc1B1OC(C)(C)C(C)(C)O1.Fc1cc(I)c(OCCCCOc2cc(F)c(F)cc2I)cc1F. The summed E-state index contributed by atoms with van der Waals surface area (Å²) in [4.78, 5) is 0.626. The van der Waals surface area contributed by atoms with Gasteiger partial charge in [0.15, 0.2) is 70.6 Å². The first-order valence-electron chi connectivity index (χ1n) is 47.0. The van der Waals surface area contributed by atoms with E-state index in [9.17, 15) is 36.6 Å². The molecule has 1 aliphatic heterocycles. The highest BCUT2D eigenvalue weighted by molar-refractivity contribution is 14.1. The molecule has 0 saturated carbocycles. The van der Waals surface area contributed by atoms with Gasteiger partial charge in [0, 0.05) is 90.5 Å². The third-order valence-corrected chi connectivity index (χ3v) is 30.6. The zero-order chi connectivity index (χ0) is 101. The predicted molar refractivity (Wildman–Crippen MR) is 574 cm³/mol. The first-order valence-corrected chi connectivity index (χ1v) is 51.8. The number of rotatable bonds is 24. The van der Waals surface area contributed by atoms with Crippen molar-refractivity contribution in [3.05, 3.63) is 261 Å². The minimum absolute atomic E-state index is 0.0440. The summed E-state index contributed by atoms with van der Waals surface area (Å²) in [5.74, 6) is -6.90. The summed E-state index contributed by atoms with van der Waals surface area (Å²) < 4.78 is 169. The van der Waals surface area contributed by atoms with E-state index in [0.717, 1.165) is 119 Å². The fourth-order valence-corrected chi connectivity index (χ4v) is 21.0. The van der Waals surface area contributed by atoms with Crippen molar-refractivity contribution >= 4 is 157 Å². The number of fused-ring (bicyclic) bond motifs is 9. The minimum Gasteiger partial charge on any atom is -0.504 e. The fourth-order valence-electron chi connectivity index (χ4n) is 17.0. The van der Waals surface area contributed by atoms with Gasteiger partial charge in [-0.05, 0) is 268 Å². The van der Waals surface area contributed by atoms with E-state index in [1.807, 2.05) is 72.0 Å². The number of hydrogen-bond acceptors (Lipinski definition) is 13. The molecule has 0 amide bonds. The number of hydrogen-bond donors (Lipinski definition) is 2. The van der Waals surface area contributed by atoms with Crippen molar-refractivity contribution < 1.29 is 83.1 Å². The van der Waals surface area contributed by atoms with Gasteiger partial charge in [0.25, 0.3) is 0 Å². The van der Waals surface area contributed by atoms with Gasteiger partial charge in [0.05, 0.1) is 109 Å². The van der Waals surface area contributed by atoms with Crippen molar-refractivity contribution in [1.29, 1.82) is 0 Å². The van der Waals surface area contributed by atoms with Crippen LogP contribution in [-0.4, -0.2) is 82.1 Å². The van der Waals surface area contributed by atoms with E-state index in [1.165, 1.54) is 66.8 Å². The summed E-state index contributed by atoms with van der Waals surface area (Å²) in [5, 5.41) is 36.6.